The Morgan fingerprint density at radius 3 is 2.64 bits per heavy atom. The van der Waals surface area contributed by atoms with Gasteiger partial charge in [-0.05, 0) is 19.5 Å². The molecule has 64 valence electrons. The fourth-order valence-corrected chi connectivity index (χ4v) is 1.11. The van der Waals surface area contributed by atoms with E-state index in [9.17, 15) is 0 Å². The van der Waals surface area contributed by atoms with Crippen LogP contribution in [-0.4, -0.2) is 31.2 Å². The summed E-state index contributed by atoms with van der Waals surface area (Å²) in [5.74, 6) is 0. The monoisotopic (exact) mass is 155 g/mol. The highest BCUT2D eigenvalue weighted by molar-refractivity contribution is 4.96. The highest BCUT2D eigenvalue weighted by Crippen LogP contribution is 2.03. The molecule has 1 fully saturated rings. The van der Waals surface area contributed by atoms with E-state index >= 15 is 0 Å². The molecule has 0 bridgehead atoms. The molecule has 11 heavy (non-hydrogen) atoms. The molecule has 1 rings (SSSR count). The summed E-state index contributed by atoms with van der Waals surface area (Å²) in [6, 6.07) is 0. The highest BCUT2D eigenvalue weighted by atomic mass is 16.5. The number of ether oxygens (including phenoxy) is 1. The first-order chi connectivity index (χ1) is 5.33. The molecule has 2 nitrogen and oxygen atoms in total. The summed E-state index contributed by atoms with van der Waals surface area (Å²) in [5, 5.41) is 0. The summed E-state index contributed by atoms with van der Waals surface area (Å²) in [6.07, 6.45) is 3.40. The molecule has 0 atom stereocenters. The molecule has 0 spiro atoms. The zero-order valence-electron chi connectivity index (χ0n) is 7.47. The lowest BCUT2D eigenvalue weighted by molar-refractivity contribution is 0.0590. The van der Waals surface area contributed by atoms with Gasteiger partial charge in [-0.2, -0.15) is 0 Å². The van der Waals surface area contributed by atoms with E-state index in [1.807, 2.05) is 0 Å². The van der Waals surface area contributed by atoms with E-state index in [0.717, 1.165) is 32.7 Å². The maximum absolute atomic E-state index is 5.24. The minimum atomic E-state index is 0.882. The zero-order valence-corrected chi connectivity index (χ0v) is 7.47. The predicted octanol–water partition coefficient (Wildman–Crippen LogP) is 1.63. The lowest BCUT2D eigenvalue weighted by Crippen LogP contribution is -2.32. The van der Waals surface area contributed by atoms with E-state index < -0.39 is 0 Å². The second-order valence-electron chi connectivity index (χ2n) is 2.98. The fourth-order valence-electron chi connectivity index (χ4n) is 1.11. The van der Waals surface area contributed by atoms with Gasteiger partial charge < -0.3 is 9.64 Å². The molecule has 0 aromatic carbocycles. The zero-order chi connectivity index (χ0) is 8.10. The summed E-state index contributed by atoms with van der Waals surface area (Å²) in [4.78, 5) is 2.34. The molecule has 1 saturated heterocycles. The van der Waals surface area contributed by atoms with Crippen molar-refractivity contribution in [3.05, 3.63) is 11.8 Å². The van der Waals surface area contributed by atoms with Gasteiger partial charge >= 0.3 is 0 Å². The van der Waals surface area contributed by atoms with Crippen molar-refractivity contribution in [2.75, 3.05) is 26.3 Å². The lowest BCUT2D eigenvalue weighted by Gasteiger charge is -2.25. The number of allylic oxidation sites excluding steroid dienone is 1. The van der Waals surface area contributed by atoms with Gasteiger partial charge in [-0.1, -0.05) is 12.5 Å². The third kappa shape index (κ3) is 2.93. The normalized spacial score (nSPS) is 20.5. The molecule has 0 saturated carbocycles. The molecular weight excluding hydrogens is 138 g/mol. The topological polar surface area (TPSA) is 12.5 Å². The second-order valence-corrected chi connectivity index (χ2v) is 2.98. The maximum Gasteiger partial charge on any atom is 0.0642 e. The van der Waals surface area contributed by atoms with Gasteiger partial charge in [-0.15, -0.1) is 0 Å². The molecule has 0 aromatic heterocycles. The quantitative estimate of drug-likeness (QED) is 0.601. The van der Waals surface area contributed by atoms with Crippen molar-refractivity contribution in [3.63, 3.8) is 0 Å². The number of nitrogens with zero attached hydrogens (tertiary/aromatic N) is 1. The van der Waals surface area contributed by atoms with Crippen molar-refractivity contribution >= 4 is 0 Å². The van der Waals surface area contributed by atoms with Gasteiger partial charge in [0, 0.05) is 13.1 Å². The Bertz CT molecular complexity index is 136. The summed E-state index contributed by atoms with van der Waals surface area (Å²) >= 11 is 0. The van der Waals surface area contributed by atoms with Crippen LogP contribution in [0.15, 0.2) is 11.8 Å². The molecule has 2 heteroatoms. The van der Waals surface area contributed by atoms with Crippen LogP contribution in [0.4, 0.5) is 0 Å². The number of rotatable bonds is 2. The third-order valence-electron chi connectivity index (χ3n) is 2.01. The summed E-state index contributed by atoms with van der Waals surface area (Å²) < 4.78 is 5.24. The molecule has 0 amide bonds. The second kappa shape index (κ2) is 4.39. The van der Waals surface area contributed by atoms with Crippen LogP contribution in [0.3, 0.4) is 0 Å². The van der Waals surface area contributed by atoms with Crippen molar-refractivity contribution in [2.24, 2.45) is 0 Å². The number of hydrogen-bond acceptors (Lipinski definition) is 2. The SMILES string of the molecule is CC/C(C)=C/N1CCOCC1. The van der Waals surface area contributed by atoms with Gasteiger partial charge in [0.05, 0.1) is 13.2 Å². The molecule has 1 aliphatic rings. The molecular formula is C9H17NO. The predicted molar refractivity (Wildman–Crippen MR) is 46.4 cm³/mol. The van der Waals surface area contributed by atoms with E-state index in [-0.39, 0.29) is 0 Å². The Morgan fingerprint density at radius 2 is 2.09 bits per heavy atom. The summed E-state index contributed by atoms with van der Waals surface area (Å²) in [7, 11) is 0. The van der Waals surface area contributed by atoms with Gasteiger partial charge in [-0.3, -0.25) is 0 Å². The average molecular weight is 155 g/mol. The minimum Gasteiger partial charge on any atom is -0.378 e. The van der Waals surface area contributed by atoms with Crippen LogP contribution < -0.4 is 0 Å². The van der Waals surface area contributed by atoms with Gasteiger partial charge in [-0.25, -0.2) is 0 Å². The van der Waals surface area contributed by atoms with Crippen molar-refractivity contribution < 1.29 is 4.74 Å². The van der Waals surface area contributed by atoms with E-state index in [1.165, 1.54) is 5.57 Å². The van der Waals surface area contributed by atoms with Crippen LogP contribution in [-0.2, 0) is 4.74 Å². The molecule has 0 radical (unpaired) electrons. The third-order valence-corrected chi connectivity index (χ3v) is 2.01. The van der Waals surface area contributed by atoms with Crippen LogP contribution in [0.25, 0.3) is 0 Å². The van der Waals surface area contributed by atoms with Gasteiger partial charge in [0.1, 0.15) is 0 Å². The molecule has 1 heterocycles. The van der Waals surface area contributed by atoms with E-state index in [4.69, 9.17) is 4.74 Å². The van der Waals surface area contributed by atoms with Crippen LogP contribution in [0, 0.1) is 0 Å². The Labute approximate surface area is 68.8 Å². The van der Waals surface area contributed by atoms with Crippen LogP contribution in [0.1, 0.15) is 20.3 Å². The largest absolute Gasteiger partial charge is 0.378 e. The smallest absolute Gasteiger partial charge is 0.0642 e. The van der Waals surface area contributed by atoms with E-state index in [2.05, 4.69) is 24.9 Å². The summed E-state index contributed by atoms with van der Waals surface area (Å²) in [5.41, 5.74) is 1.45. The Kier molecular flexibility index (Phi) is 3.43. The molecule has 1 aliphatic heterocycles. The standard InChI is InChI=1S/C9H17NO/c1-3-9(2)8-10-4-6-11-7-5-10/h8H,3-7H2,1-2H3/b9-8+. The van der Waals surface area contributed by atoms with Crippen LogP contribution in [0.2, 0.25) is 0 Å². The van der Waals surface area contributed by atoms with E-state index in [0.29, 0.717) is 0 Å². The first kappa shape index (κ1) is 8.60. The van der Waals surface area contributed by atoms with Crippen molar-refractivity contribution in [1.82, 2.24) is 4.90 Å². The van der Waals surface area contributed by atoms with Crippen molar-refractivity contribution in [2.45, 2.75) is 20.3 Å². The Morgan fingerprint density at radius 1 is 1.45 bits per heavy atom. The average Bonchev–Trinajstić information content (AvgIpc) is 2.06. The minimum absolute atomic E-state index is 0.882. The highest BCUT2D eigenvalue weighted by Gasteiger charge is 2.05. The van der Waals surface area contributed by atoms with Gasteiger partial charge in [0.2, 0.25) is 0 Å². The Hall–Kier alpha value is -0.500. The first-order valence-electron chi connectivity index (χ1n) is 4.32. The molecule has 0 N–H and O–H groups in total. The molecule has 0 unspecified atom stereocenters. The van der Waals surface area contributed by atoms with E-state index in [1.54, 1.807) is 0 Å². The van der Waals surface area contributed by atoms with Crippen LogP contribution in [0.5, 0.6) is 0 Å². The fraction of sp³-hybridized carbons (Fsp3) is 0.778. The molecule has 0 aliphatic carbocycles. The lowest BCUT2D eigenvalue weighted by atomic mass is 10.2. The number of morpholine rings is 1. The Balaban J connectivity index is 2.34. The number of hydrogen-bond donors (Lipinski definition) is 0. The first-order valence-corrected chi connectivity index (χ1v) is 4.32. The molecule has 0 aromatic rings. The maximum atomic E-state index is 5.24. The van der Waals surface area contributed by atoms with Gasteiger partial charge in [0.15, 0.2) is 0 Å². The van der Waals surface area contributed by atoms with Crippen molar-refractivity contribution in [1.29, 1.82) is 0 Å². The summed E-state index contributed by atoms with van der Waals surface area (Å²) in [6.45, 7) is 8.23. The van der Waals surface area contributed by atoms with Gasteiger partial charge in [0.25, 0.3) is 0 Å². The van der Waals surface area contributed by atoms with Crippen molar-refractivity contribution in [3.8, 4) is 0 Å². The van der Waals surface area contributed by atoms with Crippen LogP contribution >= 0.6 is 0 Å².